The minimum Gasteiger partial charge on any atom is -0.622 e. The maximum Gasteiger partial charge on any atom is 0.254 e. The van der Waals surface area contributed by atoms with Gasteiger partial charge in [0.05, 0.1) is 10.6 Å². The summed E-state index contributed by atoms with van der Waals surface area (Å²) in [4.78, 5) is 1.90. The molecule has 0 amide bonds. The molecule has 1 aromatic carbocycles. The molecular weight excluding hydrogens is 343 g/mol. The molecule has 120 valence electrons. The predicted molar refractivity (Wildman–Crippen MR) is 95.3 cm³/mol. The number of benzene rings is 1. The highest BCUT2D eigenvalue weighted by Gasteiger charge is 2.50. The highest BCUT2D eigenvalue weighted by atomic mass is 35.5. The van der Waals surface area contributed by atoms with Gasteiger partial charge in [0.25, 0.3) is 6.17 Å². The monoisotopic (exact) mass is 360 g/mol. The van der Waals surface area contributed by atoms with Gasteiger partial charge in [0.15, 0.2) is 6.21 Å². The lowest BCUT2D eigenvalue weighted by atomic mass is 10.1. The van der Waals surface area contributed by atoms with Crippen molar-refractivity contribution in [3.8, 4) is 0 Å². The van der Waals surface area contributed by atoms with Crippen LogP contribution in [0.3, 0.4) is 0 Å². The molecule has 0 saturated carbocycles. The van der Waals surface area contributed by atoms with E-state index in [1.165, 1.54) is 30.1 Å². The van der Waals surface area contributed by atoms with Crippen LogP contribution in [0.1, 0.15) is 32.8 Å². The van der Waals surface area contributed by atoms with E-state index in [1.54, 1.807) is 6.07 Å². The van der Waals surface area contributed by atoms with Crippen LogP contribution in [0.2, 0.25) is 5.02 Å². The minimum absolute atomic E-state index is 0.106. The molecule has 2 rings (SSSR count). The van der Waals surface area contributed by atoms with E-state index >= 15 is 0 Å². The lowest BCUT2D eigenvalue weighted by molar-refractivity contribution is -0.523. The zero-order chi connectivity index (χ0) is 16.5. The van der Waals surface area contributed by atoms with Gasteiger partial charge >= 0.3 is 0 Å². The Labute approximate surface area is 144 Å². The van der Waals surface area contributed by atoms with Crippen molar-refractivity contribution in [2.75, 3.05) is 6.54 Å². The number of halogens is 2. The summed E-state index contributed by atoms with van der Waals surface area (Å²) in [5.41, 5.74) is 0.106. The molecule has 1 atom stereocenters. The van der Waals surface area contributed by atoms with Gasteiger partial charge in [-0.05, 0) is 32.4 Å². The summed E-state index contributed by atoms with van der Waals surface area (Å²) in [6.45, 7) is 6.65. The smallest absolute Gasteiger partial charge is 0.254 e. The summed E-state index contributed by atoms with van der Waals surface area (Å²) in [6, 6.07) is 4.36. The quantitative estimate of drug-likeness (QED) is 0.264. The van der Waals surface area contributed by atoms with Crippen LogP contribution in [0, 0.1) is 11.0 Å². The number of nitrogens with zero attached hydrogens (tertiary/aromatic N) is 2. The van der Waals surface area contributed by atoms with Crippen molar-refractivity contribution < 1.29 is 9.13 Å². The van der Waals surface area contributed by atoms with Crippen molar-refractivity contribution in [3.05, 3.63) is 39.8 Å². The van der Waals surface area contributed by atoms with Crippen LogP contribution in [0.25, 0.3) is 0 Å². The zero-order valence-electron chi connectivity index (χ0n) is 12.7. The first-order chi connectivity index (χ1) is 10.3. The first-order valence-electron chi connectivity index (χ1n) is 7.02. The van der Waals surface area contributed by atoms with Crippen molar-refractivity contribution in [3.63, 3.8) is 0 Å². The number of hydrogen-bond donors (Lipinski definition) is 0. The van der Waals surface area contributed by atoms with E-state index in [4.69, 9.17) is 23.8 Å². The highest BCUT2D eigenvalue weighted by Crippen LogP contribution is 2.41. The SMILES string of the molecule is CCCN1C(=S)SC(C)(C)C1[N+]([O-])=Cc1c(F)cccc1Cl. The molecule has 0 bridgehead atoms. The Balaban J connectivity index is 2.43. The van der Waals surface area contributed by atoms with Crippen molar-refractivity contribution >= 4 is 46.1 Å². The van der Waals surface area contributed by atoms with Gasteiger partial charge < -0.3 is 5.21 Å². The Morgan fingerprint density at radius 1 is 1.55 bits per heavy atom. The molecule has 1 aromatic rings. The molecule has 1 unspecified atom stereocenters. The summed E-state index contributed by atoms with van der Waals surface area (Å²) in [7, 11) is 0. The van der Waals surface area contributed by atoms with Crippen LogP contribution >= 0.6 is 35.6 Å². The van der Waals surface area contributed by atoms with Gasteiger partial charge in [-0.1, -0.05) is 48.6 Å². The molecule has 0 aliphatic carbocycles. The molecule has 0 radical (unpaired) electrons. The Hall–Kier alpha value is -0.850. The number of hydroxylamine groups is 1. The van der Waals surface area contributed by atoms with E-state index in [-0.39, 0.29) is 15.3 Å². The summed E-state index contributed by atoms with van der Waals surface area (Å²) < 4.78 is 15.0. The van der Waals surface area contributed by atoms with Gasteiger partial charge in [-0.25, -0.2) is 4.39 Å². The minimum atomic E-state index is -0.513. The summed E-state index contributed by atoms with van der Waals surface area (Å²) in [5, 5.41) is 12.9. The number of hydrogen-bond acceptors (Lipinski definition) is 3. The van der Waals surface area contributed by atoms with E-state index < -0.39 is 12.0 Å². The van der Waals surface area contributed by atoms with Crippen LogP contribution < -0.4 is 0 Å². The molecule has 22 heavy (non-hydrogen) atoms. The molecule has 1 fully saturated rings. The molecular formula is C15H18ClFN2OS2. The fraction of sp³-hybridized carbons (Fsp3) is 0.467. The lowest BCUT2D eigenvalue weighted by Crippen LogP contribution is -2.48. The van der Waals surface area contributed by atoms with Crippen LogP contribution in [0.4, 0.5) is 4.39 Å². The average molecular weight is 361 g/mol. The third-order valence-electron chi connectivity index (χ3n) is 3.46. The third-order valence-corrected chi connectivity index (χ3v) is 5.42. The summed E-state index contributed by atoms with van der Waals surface area (Å²) in [6.07, 6.45) is 1.61. The van der Waals surface area contributed by atoms with E-state index in [0.717, 1.165) is 11.2 Å². The predicted octanol–water partition coefficient (Wildman–Crippen LogP) is 4.26. The molecule has 1 saturated heterocycles. The molecule has 3 nitrogen and oxygen atoms in total. The summed E-state index contributed by atoms with van der Waals surface area (Å²) >= 11 is 12.9. The summed E-state index contributed by atoms with van der Waals surface area (Å²) in [5.74, 6) is -0.513. The Morgan fingerprint density at radius 3 is 2.82 bits per heavy atom. The van der Waals surface area contributed by atoms with Crippen molar-refractivity contribution in [2.45, 2.75) is 38.1 Å². The average Bonchev–Trinajstić information content (AvgIpc) is 2.64. The Kier molecular flexibility index (Phi) is 5.35. The van der Waals surface area contributed by atoms with Gasteiger partial charge in [-0.15, -0.1) is 0 Å². The second-order valence-electron chi connectivity index (χ2n) is 5.66. The van der Waals surface area contributed by atoms with Crippen molar-refractivity contribution in [2.24, 2.45) is 0 Å². The molecule has 0 aromatic heterocycles. The molecule has 7 heteroatoms. The van der Waals surface area contributed by atoms with E-state index in [9.17, 15) is 9.60 Å². The number of rotatable bonds is 4. The van der Waals surface area contributed by atoms with Crippen LogP contribution in [-0.4, -0.2) is 37.6 Å². The second-order valence-corrected chi connectivity index (χ2v) is 8.36. The number of thiocarbonyl (C=S) groups is 1. The van der Waals surface area contributed by atoms with Gasteiger partial charge in [0.1, 0.15) is 14.9 Å². The van der Waals surface area contributed by atoms with E-state index in [1.807, 2.05) is 25.7 Å². The fourth-order valence-corrected chi connectivity index (χ4v) is 4.68. The normalized spacial score (nSPS) is 21.5. The van der Waals surface area contributed by atoms with Crippen LogP contribution in [-0.2, 0) is 0 Å². The molecule has 1 aliphatic heterocycles. The van der Waals surface area contributed by atoms with E-state index in [0.29, 0.717) is 10.9 Å². The zero-order valence-corrected chi connectivity index (χ0v) is 15.1. The van der Waals surface area contributed by atoms with Crippen molar-refractivity contribution in [1.82, 2.24) is 4.90 Å². The van der Waals surface area contributed by atoms with E-state index in [2.05, 4.69) is 0 Å². The molecule has 1 heterocycles. The topological polar surface area (TPSA) is 29.3 Å². The molecule has 0 N–H and O–H groups in total. The number of thioether (sulfide) groups is 1. The van der Waals surface area contributed by atoms with Crippen LogP contribution in [0.5, 0.6) is 0 Å². The van der Waals surface area contributed by atoms with Gasteiger partial charge in [0.2, 0.25) is 0 Å². The van der Waals surface area contributed by atoms with Crippen molar-refractivity contribution in [1.29, 1.82) is 0 Å². The molecule has 0 spiro atoms. The fourth-order valence-electron chi connectivity index (χ4n) is 2.54. The molecule has 1 aliphatic rings. The first kappa shape index (κ1) is 17.5. The third kappa shape index (κ3) is 3.39. The maximum atomic E-state index is 13.9. The Bertz CT molecular complexity index is 601. The lowest BCUT2D eigenvalue weighted by Gasteiger charge is -2.29. The highest BCUT2D eigenvalue weighted by molar-refractivity contribution is 8.24. The standard InChI is InChI=1S/C15H18ClFN2OS2/c1-4-8-18-13(15(2,3)22-14(18)21)19(20)9-10-11(16)6-5-7-12(10)17/h5-7,9,13H,4,8H2,1-3H3. The Morgan fingerprint density at radius 2 is 2.23 bits per heavy atom. The van der Waals surface area contributed by atoms with Gasteiger partial charge in [-0.2, -0.15) is 4.74 Å². The first-order valence-corrected chi connectivity index (χ1v) is 8.62. The largest absolute Gasteiger partial charge is 0.622 e. The second kappa shape index (κ2) is 6.72. The van der Waals surface area contributed by atoms with Gasteiger partial charge in [0, 0.05) is 6.54 Å². The van der Waals surface area contributed by atoms with Crippen LogP contribution in [0.15, 0.2) is 18.2 Å². The maximum absolute atomic E-state index is 13.9. The van der Waals surface area contributed by atoms with Gasteiger partial charge in [-0.3, -0.25) is 4.90 Å².